The summed E-state index contributed by atoms with van der Waals surface area (Å²) in [6, 6.07) is 3.67. The first kappa shape index (κ1) is 23.3. The van der Waals surface area contributed by atoms with Crippen molar-refractivity contribution >= 4 is 40.8 Å². The van der Waals surface area contributed by atoms with Crippen LogP contribution in [0.5, 0.6) is 0 Å². The average Bonchev–Trinajstić information content (AvgIpc) is 3.32. The molecule has 0 radical (unpaired) electrons. The standard InChI is InChI=1S/C25H30ClN3O5/c26-17-12-28(22-19(30)13-34-23(17)22)25(33)21(14-5-2-1-3-6-14)29-18-10-9-16(24(27)32)11-15(18)7-4-8-20(29)31/h9-11,14,17,21-23H,1-8,12-13H2,(H2,27,32)/t17-,21-,22+,23+/m0/s1. The van der Waals surface area contributed by atoms with E-state index < -0.39 is 29.5 Å². The normalized spacial score (nSPS) is 28.4. The zero-order valence-electron chi connectivity index (χ0n) is 19.1. The molecule has 4 atom stereocenters. The zero-order valence-corrected chi connectivity index (χ0v) is 19.8. The second-order valence-electron chi connectivity index (χ2n) is 9.86. The Balaban J connectivity index is 1.57. The number of carbonyl (C=O) groups is 4. The molecule has 5 rings (SSSR count). The van der Waals surface area contributed by atoms with Crippen molar-refractivity contribution in [3.8, 4) is 0 Å². The predicted octanol–water partition coefficient (Wildman–Crippen LogP) is 2.19. The van der Waals surface area contributed by atoms with Gasteiger partial charge in [0.15, 0.2) is 5.78 Å². The largest absolute Gasteiger partial charge is 0.366 e. The fourth-order valence-corrected chi connectivity index (χ4v) is 6.49. The van der Waals surface area contributed by atoms with Crippen molar-refractivity contribution in [2.24, 2.45) is 11.7 Å². The Labute approximate surface area is 203 Å². The zero-order chi connectivity index (χ0) is 24.0. The highest BCUT2D eigenvalue weighted by Gasteiger charge is 2.54. The van der Waals surface area contributed by atoms with Gasteiger partial charge in [-0.05, 0) is 55.4 Å². The molecule has 1 saturated carbocycles. The number of ether oxygens (including phenoxy) is 1. The van der Waals surface area contributed by atoms with Gasteiger partial charge in [-0.2, -0.15) is 0 Å². The number of Topliss-reactive ketones (excluding diaryl/α,β-unsaturated/α-hetero) is 1. The minimum absolute atomic E-state index is 0.0165. The van der Waals surface area contributed by atoms with E-state index in [4.69, 9.17) is 22.1 Å². The summed E-state index contributed by atoms with van der Waals surface area (Å²) < 4.78 is 5.59. The molecule has 2 N–H and O–H groups in total. The Morgan fingerprint density at radius 1 is 1.09 bits per heavy atom. The molecule has 1 aromatic carbocycles. The number of likely N-dealkylation sites (tertiary alicyclic amines) is 1. The van der Waals surface area contributed by atoms with Crippen molar-refractivity contribution in [3.05, 3.63) is 29.3 Å². The highest BCUT2D eigenvalue weighted by Crippen LogP contribution is 2.39. The summed E-state index contributed by atoms with van der Waals surface area (Å²) in [4.78, 5) is 55.3. The number of fused-ring (bicyclic) bond motifs is 2. The van der Waals surface area contributed by atoms with E-state index in [2.05, 4.69) is 0 Å². The number of nitrogens with zero attached hydrogens (tertiary/aromatic N) is 2. The number of aryl methyl sites for hydroxylation is 1. The fraction of sp³-hybridized carbons (Fsp3) is 0.600. The molecule has 3 fully saturated rings. The van der Waals surface area contributed by atoms with Crippen LogP contribution in [-0.4, -0.2) is 65.1 Å². The summed E-state index contributed by atoms with van der Waals surface area (Å²) in [7, 11) is 0. The van der Waals surface area contributed by atoms with Crippen molar-refractivity contribution in [3.63, 3.8) is 0 Å². The molecule has 3 aliphatic heterocycles. The molecule has 0 aromatic heterocycles. The molecule has 9 heteroatoms. The SMILES string of the molecule is NC(=O)c1ccc2c(c1)CCCC(=O)N2[C@H](C(=O)N1C[C@H](Cl)[C@H]2OCC(=O)[C@H]21)C1CCCCC1. The lowest BCUT2D eigenvalue weighted by molar-refractivity contribution is -0.140. The van der Waals surface area contributed by atoms with E-state index in [-0.39, 0.29) is 36.7 Å². The Morgan fingerprint density at radius 3 is 2.59 bits per heavy atom. The average molecular weight is 488 g/mol. The number of benzene rings is 1. The molecular formula is C25H30ClN3O5. The van der Waals surface area contributed by atoms with Crippen LogP contribution in [-0.2, 0) is 25.5 Å². The van der Waals surface area contributed by atoms with Crippen molar-refractivity contribution < 1.29 is 23.9 Å². The number of nitrogens with two attached hydrogens (primary N) is 1. The number of hydrogen-bond acceptors (Lipinski definition) is 5. The molecule has 34 heavy (non-hydrogen) atoms. The molecule has 182 valence electrons. The molecule has 2 saturated heterocycles. The van der Waals surface area contributed by atoms with Crippen molar-refractivity contribution in [2.75, 3.05) is 18.1 Å². The number of primary amides is 1. The molecule has 3 amide bonds. The molecule has 4 aliphatic rings. The van der Waals surface area contributed by atoms with Gasteiger partial charge >= 0.3 is 0 Å². The minimum atomic E-state index is -0.722. The third-order valence-corrected chi connectivity index (χ3v) is 8.15. The van der Waals surface area contributed by atoms with Crippen molar-refractivity contribution in [2.45, 2.75) is 74.9 Å². The lowest BCUT2D eigenvalue weighted by Gasteiger charge is -2.40. The Bertz CT molecular complexity index is 1020. The van der Waals surface area contributed by atoms with Crippen LogP contribution in [0.4, 0.5) is 5.69 Å². The van der Waals surface area contributed by atoms with Crippen LogP contribution in [0.25, 0.3) is 0 Å². The van der Waals surface area contributed by atoms with Crippen molar-refractivity contribution in [1.29, 1.82) is 0 Å². The summed E-state index contributed by atoms with van der Waals surface area (Å²) in [5.41, 5.74) is 7.37. The highest BCUT2D eigenvalue weighted by atomic mass is 35.5. The number of amides is 3. The summed E-state index contributed by atoms with van der Waals surface area (Å²) >= 11 is 6.48. The van der Waals surface area contributed by atoms with E-state index in [1.54, 1.807) is 28.0 Å². The molecule has 1 aliphatic carbocycles. The van der Waals surface area contributed by atoms with E-state index in [0.717, 1.165) is 37.7 Å². The lowest BCUT2D eigenvalue weighted by Crippen LogP contribution is -2.57. The quantitative estimate of drug-likeness (QED) is 0.654. The number of rotatable bonds is 4. The lowest BCUT2D eigenvalue weighted by atomic mass is 9.82. The number of carbonyl (C=O) groups excluding carboxylic acids is 4. The van der Waals surface area contributed by atoms with Crippen molar-refractivity contribution in [1.82, 2.24) is 4.90 Å². The molecule has 0 unspecified atom stereocenters. The Morgan fingerprint density at radius 2 is 1.85 bits per heavy atom. The van der Waals surface area contributed by atoms with Crippen LogP contribution in [0.1, 0.15) is 60.9 Å². The van der Waals surface area contributed by atoms with E-state index in [1.165, 1.54) is 0 Å². The van der Waals surface area contributed by atoms with E-state index in [9.17, 15) is 19.2 Å². The van der Waals surface area contributed by atoms with Gasteiger partial charge < -0.3 is 15.4 Å². The number of alkyl halides is 1. The number of ketones is 1. The monoisotopic (exact) mass is 487 g/mol. The summed E-state index contributed by atoms with van der Waals surface area (Å²) in [5.74, 6) is -1.03. The van der Waals surface area contributed by atoms with Gasteiger partial charge in [0, 0.05) is 24.2 Å². The van der Waals surface area contributed by atoms with E-state index >= 15 is 0 Å². The maximum atomic E-state index is 14.2. The molecular weight excluding hydrogens is 458 g/mol. The second kappa shape index (κ2) is 9.30. The summed E-state index contributed by atoms with van der Waals surface area (Å²) in [5, 5.41) is -0.461. The first-order chi connectivity index (χ1) is 16.4. The Kier molecular flexibility index (Phi) is 6.37. The van der Waals surface area contributed by atoms with Crippen LogP contribution in [0, 0.1) is 5.92 Å². The first-order valence-electron chi connectivity index (χ1n) is 12.2. The fourth-order valence-electron chi connectivity index (χ4n) is 6.13. The Hall–Kier alpha value is -2.45. The molecule has 1 aromatic rings. The van der Waals surface area contributed by atoms with Crippen LogP contribution >= 0.6 is 11.6 Å². The first-order valence-corrected chi connectivity index (χ1v) is 12.6. The highest BCUT2D eigenvalue weighted by molar-refractivity contribution is 6.22. The van der Waals surface area contributed by atoms with Gasteiger partial charge in [0.25, 0.3) is 0 Å². The third kappa shape index (κ3) is 4.01. The van der Waals surface area contributed by atoms with Gasteiger partial charge in [-0.3, -0.25) is 24.1 Å². The summed E-state index contributed by atoms with van der Waals surface area (Å²) in [6.45, 7) is 0.179. The van der Waals surface area contributed by atoms with Crippen LogP contribution in [0.15, 0.2) is 18.2 Å². The maximum Gasteiger partial charge on any atom is 0.248 e. The van der Waals surface area contributed by atoms with Gasteiger partial charge in [-0.1, -0.05) is 19.3 Å². The van der Waals surface area contributed by atoms with Gasteiger partial charge in [0.1, 0.15) is 24.8 Å². The van der Waals surface area contributed by atoms with Gasteiger partial charge in [-0.15, -0.1) is 11.6 Å². The second-order valence-corrected chi connectivity index (χ2v) is 10.4. The number of anilines is 1. The van der Waals surface area contributed by atoms with Crippen LogP contribution in [0.2, 0.25) is 0 Å². The molecule has 8 nitrogen and oxygen atoms in total. The van der Waals surface area contributed by atoms with E-state index in [1.807, 2.05) is 0 Å². The maximum absolute atomic E-state index is 14.2. The van der Waals surface area contributed by atoms with Gasteiger partial charge in [0.05, 0.1) is 5.38 Å². The molecule has 0 bridgehead atoms. The number of halogens is 1. The van der Waals surface area contributed by atoms with Gasteiger partial charge in [0.2, 0.25) is 17.7 Å². The van der Waals surface area contributed by atoms with E-state index in [0.29, 0.717) is 30.5 Å². The minimum Gasteiger partial charge on any atom is -0.366 e. The molecule has 0 spiro atoms. The predicted molar refractivity (Wildman–Crippen MR) is 126 cm³/mol. The van der Waals surface area contributed by atoms with Gasteiger partial charge in [-0.25, -0.2) is 0 Å². The number of hydrogen-bond donors (Lipinski definition) is 1. The van der Waals surface area contributed by atoms with Crippen LogP contribution < -0.4 is 10.6 Å². The third-order valence-electron chi connectivity index (χ3n) is 7.76. The smallest absolute Gasteiger partial charge is 0.248 e. The topological polar surface area (TPSA) is 110 Å². The molecule has 3 heterocycles. The van der Waals surface area contributed by atoms with Crippen LogP contribution in [0.3, 0.4) is 0 Å². The summed E-state index contributed by atoms with van der Waals surface area (Å²) in [6.07, 6.45) is 5.83.